The van der Waals surface area contributed by atoms with Crippen molar-refractivity contribution in [2.75, 3.05) is 10.2 Å². The molecule has 1 unspecified atom stereocenters. The van der Waals surface area contributed by atoms with Gasteiger partial charge in [-0.1, -0.05) is 107 Å². The fraction of sp³-hybridized carbons (Fsp3) is 0.138. The minimum atomic E-state index is -0.244. The van der Waals surface area contributed by atoms with E-state index in [2.05, 4.69) is 92.9 Å². The summed E-state index contributed by atoms with van der Waals surface area (Å²) in [5.74, 6) is -0.0307. The number of carbonyl (C=O) groups excluding carboxylic acids is 1. The highest BCUT2D eigenvalue weighted by Gasteiger charge is 2.32. The van der Waals surface area contributed by atoms with Crippen molar-refractivity contribution in [1.29, 1.82) is 0 Å². The van der Waals surface area contributed by atoms with Crippen LogP contribution < -0.4 is 10.2 Å². The highest BCUT2D eigenvalue weighted by molar-refractivity contribution is 9.09. The van der Waals surface area contributed by atoms with Crippen molar-refractivity contribution in [3.8, 4) is 11.1 Å². The molecule has 0 aromatic heterocycles. The van der Waals surface area contributed by atoms with Gasteiger partial charge in [0.1, 0.15) is 6.17 Å². The van der Waals surface area contributed by atoms with Crippen molar-refractivity contribution >= 4 is 27.5 Å². The second kappa shape index (κ2) is 9.63. The summed E-state index contributed by atoms with van der Waals surface area (Å²) in [6.45, 7) is 0.705. The number of amides is 1. The van der Waals surface area contributed by atoms with Gasteiger partial charge >= 0.3 is 0 Å². The molecule has 0 radical (unpaired) electrons. The Morgan fingerprint density at radius 2 is 1.48 bits per heavy atom. The van der Waals surface area contributed by atoms with Gasteiger partial charge in [-0.05, 0) is 46.4 Å². The van der Waals surface area contributed by atoms with Crippen LogP contribution in [0.15, 0.2) is 103 Å². The van der Waals surface area contributed by atoms with E-state index in [1.165, 1.54) is 22.3 Å². The van der Waals surface area contributed by atoms with E-state index in [1.54, 1.807) is 0 Å². The first kappa shape index (κ1) is 21.5. The molecule has 0 spiro atoms. The maximum Gasteiger partial charge on any atom is 0.255 e. The van der Waals surface area contributed by atoms with Crippen LogP contribution in [-0.4, -0.2) is 11.2 Å². The standard InChI is InChI=1S/C29H25BrN2O/c30-18-17-24-19-23(22-11-5-2-6-12-22)15-16-25(24)28-31-29(33)26-13-7-8-14-27(26)32(28)20-21-9-3-1-4-10-21/h1-16,19,28H,17-18,20H2,(H,31,33). The summed E-state index contributed by atoms with van der Waals surface area (Å²) in [5, 5.41) is 4.14. The fourth-order valence-corrected chi connectivity index (χ4v) is 4.97. The van der Waals surface area contributed by atoms with Gasteiger partial charge < -0.3 is 10.2 Å². The Balaban J connectivity index is 1.60. The zero-order chi connectivity index (χ0) is 22.6. The number of carbonyl (C=O) groups is 1. The number of hydrogen-bond donors (Lipinski definition) is 1. The van der Waals surface area contributed by atoms with Crippen LogP contribution in [0.3, 0.4) is 0 Å². The van der Waals surface area contributed by atoms with E-state index in [4.69, 9.17) is 0 Å². The Labute approximate surface area is 203 Å². The number of nitrogens with one attached hydrogen (secondary N) is 1. The Hall–Kier alpha value is -3.37. The van der Waals surface area contributed by atoms with Crippen LogP contribution >= 0.6 is 15.9 Å². The molecule has 1 aliphatic heterocycles. The molecule has 0 bridgehead atoms. The Morgan fingerprint density at radius 1 is 0.788 bits per heavy atom. The molecule has 1 amide bonds. The molecule has 3 nitrogen and oxygen atoms in total. The third-order valence-corrected chi connectivity index (χ3v) is 6.54. The lowest BCUT2D eigenvalue weighted by atomic mass is 9.94. The van der Waals surface area contributed by atoms with Gasteiger partial charge in [0.25, 0.3) is 5.91 Å². The van der Waals surface area contributed by atoms with Crippen LogP contribution in [0.1, 0.15) is 33.2 Å². The molecule has 33 heavy (non-hydrogen) atoms. The molecular weight excluding hydrogens is 472 g/mol. The first-order valence-corrected chi connectivity index (χ1v) is 12.3. The van der Waals surface area contributed by atoms with Crippen LogP contribution in [-0.2, 0) is 13.0 Å². The largest absolute Gasteiger partial charge is 0.342 e. The quantitative estimate of drug-likeness (QED) is 0.299. The van der Waals surface area contributed by atoms with Crippen LogP contribution in [0.2, 0.25) is 0 Å². The maximum absolute atomic E-state index is 13.1. The zero-order valence-corrected chi connectivity index (χ0v) is 19.8. The van der Waals surface area contributed by atoms with Crippen molar-refractivity contribution in [3.05, 3.63) is 125 Å². The van der Waals surface area contributed by atoms with Crippen LogP contribution in [0.5, 0.6) is 0 Å². The average Bonchev–Trinajstić information content (AvgIpc) is 2.87. The Bertz CT molecular complexity index is 1260. The molecule has 1 atom stereocenters. The second-order valence-electron chi connectivity index (χ2n) is 8.23. The second-order valence-corrected chi connectivity index (χ2v) is 9.02. The average molecular weight is 497 g/mol. The number of halogens is 1. The lowest BCUT2D eigenvalue weighted by molar-refractivity contribution is 0.0925. The fourth-order valence-electron chi connectivity index (χ4n) is 4.54. The topological polar surface area (TPSA) is 32.3 Å². The van der Waals surface area contributed by atoms with E-state index in [-0.39, 0.29) is 12.1 Å². The zero-order valence-electron chi connectivity index (χ0n) is 18.2. The third kappa shape index (κ3) is 4.44. The summed E-state index contributed by atoms with van der Waals surface area (Å²) in [7, 11) is 0. The number of nitrogens with zero attached hydrogens (tertiary/aromatic N) is 1. The molecule has 1 aliphatic rings. The Kier molecular flexibility index (Phi) is 6.27. The molecule has 0 fully saturated rings. The molecule has 4 heteroatoms. The number of alkyl halides is 1. The number of para-hydroxylation sites is 1. The van der Waals surface area contributed by atoms with E-state index >= 15 is 0 Å². The summed E-state index contributed by atoms with van der Waals surface area (Å²) in [6.07, 6.45) is 0.634. The molecular formula is C29H25BrN2O. The highest BCUT2D eigenvalue weighted by atomic mass is 79.9. The number of anilines is 1. The van der Waals surface area contributed by atoms with Gasteiger partial charge in [0.05, 0.1) is 11.3 Å². The highest BCUT2D eigenvalue weighted by Crippen LogP contribution is 2.37. The molecule has 5 rings (SSSR count). The minimum Gasteiger partial charge on any atom is -0.342 e. The minimum absolute atomic E-state index is 0.0307. The molecule has 1 N–H and O–H groups in total. The van der Waals surface area contributed by atoms with Gasteiger partial charge in [-0.25, -0.2) is 0 Å². The molecule has 164 valence electrons. The van der Waals surface area contributed by atoms with Crippen molar-refractivity contribution in [2.24, 2.45) is 0 Å². The van der Waals surface area contributed by atoms with E-state index in [9.17, 15) is 4.79 Å². The summed E-state index contributed by atoms with van der Waals surface area (Å²) in [5.41, 5.74) is 7.63. The number of aryl methyl sites for hydroxylation is 1. The van der Waals surface area contributed by atoms with Crippen LogP contribution in [0, 0.1) is 0 Å². The number of benzene rings is 4. The predicted molar refractivity (Wildman–Crippen MR) is 139 cm³/mol. The number of rotatable bonds is 6. The van der Waals surface area contributed by atoms with E-state index in [0.717, 1.165) is 23.0 Å². The monoisotopic (exact) mass is 496 g/mol. The van der Waals surface area contributed by atoms with Crippen molar-refractivity contribution < 1.29 is 4.79 Å². The van der Waals surface area contributed by atoms with E-state index in [0.29, 0.717) is 12.1 Å². The van der Waals surface area contributed by atoms with Gasteiger partial charge in [-0.3, -0.25) is 4.79 Å². The number of fused-ring (bicyclic) bond motifs is 1. The van der Waals surface area contributed by atoms with Gasteiger partial charge in [-0.2, -0.15) is 0 Å². The molecule has 4 aromatic rings. The summed E-state index contributed by atoms with van der Waals surface area (Å²) < 4.78 is 0. The van der Waals surface area contributed by atoms with Crippen molar-refractivity contribution in [1.82, 2.24) is 5.32 Å². The lowest BCUT2D eigenvalue weighted by Crippen LogP contribution is -2.46. The predicted octanol–water partition coefficient (Wildman–Crippen LogP) is 6.74. The molecule has 4 aromatic carbocycles. The summed E-state index contributed by atoms with van der Waals surface area (Å²) >= 11 is 3.63. The molecule has 0 saturated carbocycles. The van der Waals surface area contributed by atoms with Crippen molar-refractivity contribution in [3.63, 3.8) is 0 Å². The van der Waals surface area contributed by atoms with Crippen molar-refractivity contribution in [2.45, 2.75) is 19.1 Å². The third-order valence-electron chi connectivity index (χ3n) is 6.14. The first-order chi connectivity index (χ1) is 16.2. The van der Waals surface area contributed by atoms with Gasteiger partial charge in [0.2, 0.25) is 0 Å². The molecule has 0 saturated heterocycles. The summed E-state index contributed by atoms with van der Waals surface area (Å²) in [6, 6.07) is 35.3. The van der Waals surface area contributed by atoms with E-state index < -0.39 is 0 Å². The Morgan fingerprint density at radius 3 is 2.24 bits per heavy atom. The summed E-state index contributed by atoms with van der Waals surface area (Å²) in [4.78, 5) is 15.4. The lowest BCUT2D eigenvalue weighted by Gasteiger charge is -2.40. The van der Waals surface area contributed by atoms with Gasteiger partial charge in [0, 0.05) is 11.9 Å². The van der Waals surface area contributed by atoms with E-state index in [1.807, 2.05) is 36.4 Å². The van der Waals surface area contributed by atoms with Gasteiger partial charge in [-0.15, -0.1) is 0 Å². The SMILES string of the molecule is O=C1NC(c2ccc(-c3ccccc3)cc2CCBr)N(Cc2ccccc2)c2ccccc21. The molecule has 0 aliphatic carbocycles. The van der Waals surface area contributed by atoms with Gasteiger partial charge in [0.15, 0.2) is 0 Å². The maximum atomic E-state index is 13.1. The number of hydrogen-bond acceptors (Lipinski definition) is 2. The normalized spacial score (nSPS) is 15.1. The van der Waals surface area contributed by atoms with Crippen LogP contribution in [0.25, 0.3) is 11.1 Å². The first-order valence-electron chi connectivity index (χ1n) is 11.2. The molecule has 1 heterocycles. The smallest absolute Gasteiger partial charge is 0.255 e. The van der Waals surface area contributed by atoms with Crippen LogP contribution in [0.4, 0.5) is 5.69 Å².